The second kappa shape index (κ2) is 16.1. The number of nitrogens with zero attached hydrogens (tertiary/aromatic N) is 2. The first-order valence-electron chi connectivity index (χ1n) is 20.2. The van der Waals surface area contributed by atoms with Crippen molar-refractivity contribution in [2.24, 2.45) is 16.7 Å². The molecule has 0 amide bonds. The first-order chi connectivity index (χ1) is 29.3. The summed E-state index contributed by atoms with van der Waals surface area (Å²) in [5.41, 5.74) is -7.30. The molecule has 0 saturated heterocycles. The quantitative estimate of drug-likeness (QED) is 0.0452. The Balaban J connectivity index is 1.19. The molecule has 3 aromatic carbocycles. The van der Waals surface area contributed by atoms with Crippen LogP contribution in [-0.4, -0.2) is 77.9 Å². The van der Waals surface area contributed by atoms with Crippen LogP contribution in [0.5, 0.6) is 5.75 Å². The van der Waals surface area contributed by atoms with Crippen LogP contribution in [0.15, 0.2) is 96.6 Å². The summed E-state index contributed by atoms with van der Waals surface area (Å²) < 4.78 is 18.2. The lowest BCUT2D eigenvalue weighted by atomic mass is 9.42. The van der Waals surface area contributed by atoms with Crippen molar-refractivity contribution in [1.82, 2.24) is 0 Å². The Bertz CT molecular complexity index is 2410. The molecule has 324 valence electrons. The van der Waals surface area contributed by atoms with Crippen molar-refractivity contribution in [2.45, 2.75) is 94.7 Å². The van der Waals surface area contributed by atoms with Crippen LogP contribution in [0.25, 0.3) is 12.2 Å². The molecule has 16 nitrogen and oxygen atoms in total. The number of fused-ring (bicyclic) bond motifs is 5. The summed E-state index contributed by atoms with van der Waals surface area (Å²) >= 11 is 0. The van der Waals surface area contributed by atoms with Crippen LogP contribution >= 0.6 is 0 Å². The first-order valence-corrected chi connectivity index (χ1v) is 20.2. The molecular weight excluding hydrogens is 805 g/mol. The van der Waals surface area contributed by atoms with Crippen molar-refractivity contribution in [3.63, 3.8) is 0 Å². The second-order valence-electron chi connectivity index (χ2n) is 17.0. The molecule has 3 saturated carbocycles. The van der Waals surface area contributed by atoms with Gasteiger partial charge >= 0.3 is 17.9 Å². The predicted molar refractivity (Wildman–Crippen MR) is 221 cm³/mol. The van der Waals surface area contributed by atoms with Crippen LogP contribution in [0, 0.1) is 37.0 Å². The Morgan fingerprint density at radius 3 is 1.89 bits per heavy atom. The Kier molecular flexibility index (Phi) is 11.3. The maximum absolute atomic E-state index is 14.1. The van der Waals surface area contributed by atoms with Gasteiger partial charge in [0.25, 0.3) is 11.4 Å². The minimum absolute atomic E-state index is 0.0608. The highest BCUT2D eigenvalue weighted by atomic mass is 16.6. The Hall–Kier alpha value is -6.52. The van der Waals surface area contributed by atoms with Crippen molar-refractivity contribution >= 4 is 47.2 Å². The fraction of sp³-hybridized carbons (Fsp3) is 0.391. The van der Waals surface area contributed by atoms with Crippen molar-refractivity contribution in [3.8, 4) is 5.75 Å². The van der Waals surface area contributed by atoms with E-state index in [-0.39, 0.29) is 48.4 Å². The van der Waals surface area contributed by atoms with Gasteiger partial charge in [0.1, 0.15) is 29.2 Å². The number of phenols is 1. The molecule has 4 aliphatic carbocycles. The molecule has 0 unspecified atom stereocenters. The summed E-state index contributed by atoms with van der Waals surface area (Å²) in [5.74, 6) is -3.95. The predicted octanol–water partition coefficient (Wildman–Crippen LogP) is 6.75. The normalized spacial score (nSPS) is 31.2. The number of Topliss-reactive ketones (excluding diaryl/α,β-unsaturated/α-hetero) is 1. The van der Waals surface area contributed by atoms with Gasteiger partial charge in [0.2, 0.25) is 0 Å². The average Bonchev–Trinajstić information content (AvgIpc) is 3.49. The van der Waals surface area contributed by atoms with Gasteiger partial charge in [0, 0.05) is 48.8 Å². The topological polar surface area (TPSA) is 243 Å². The third-order valence-corrected chi connectivity index (χ3v) is 14.0. The zero-order valence-corrected chi connectivity index (χ0v) is 34.2. The summed E-state index contributed by atoms with van der Waals surface area (Å²) in [6, 6.07) is 16.4. The number of non-ortho nitro benzene ring substituents is 2. The number of phenolic OH excluding ortho intramolecular Hbond substituents is 1. The smallest absolute Gasteiger partial charge is 0.338 e. The van der Waals surface area contributed by atoms with E-state index in [0.29, 0.717) is 30.4 Å². The lowest BCUT2D eigenvalue weighted by Gasteiger charge is -2.67. The molecule has 3 fully saturated rings. The summed E-state index contributed by atoms with van der Waals surface area (Å²) in [6.07, 6.45) is 5.58. The van der Waals surface area contributed by atoms with E-state index in [1.165, 1.54) is 105 Å². The molecule has 62 heavy (non-hydrogen) atoms. The lowest BCUT2D eigenvalue weighted by Crippen LogP contribution is -2.78. The van der Waals surface area contributed by atoms with E-state index in [2.05, 4.69) is 0 Å². The van der Waals surface area contributed by atoms with Crippen molar-refractivity contribution in [1.29, 1.82) is 0 Å². The Labute approximate surface area is 355 Å². The number of hydrogen-bond acceptors (Lipinski definition) is 14. The molecule has 8 atom stereocenters. The van der Waals surface area contributed by atoms with Gasteiger partial charge < -0.3 is 29.5 Å². The fourth-order valence-corrected chi connectivity index (χ4v) is 10.6. The van der Waals surface area contributed by atoms with E-state index >= 15 is 0 Å². The number of esters is 3. The summed E-state index contributed by atoms with van der Waals surface area (Å²) in [7, 11) is 0. The second-order valence-corrected chi connectivity index (χ2v) is 17.0. The van der Waals surface area contributed by atoms with E-state index in [4.69, 9.17) is 14.2 Å². The minimum atomic E-state index is -2.19. The van der Waals surface area contributed by atoms with E-state index < -0.39 is 79.3 Å². The van der Waals surface area contributed by atoms with Crippen molar-refractivity contribution < 1.29 is 58.6 Å². The van der Waals surface area contributed by atoms with Crippen molar-refractivity contribution in [3.05, 3.63) is 134 Å². The Morgan fingerprint density at radius 2 is 1.34 bits per heavy atom. The molecule has 0 spiro atoms. The van der Waals surface area contributed by atoms with Crippen LogP contribution < -0.4 is 0 Å². The van der Waals surface area contributed by atoms with E-state index in [1.807, 2.05) is 13.0 Å². The first kappa shape index (κ1) is 43.6. The molecule has 16 heteroatoms. The number of ketones is 1. The molecule has 0 aliphatic heterocycles. The monoisotopic (exact) mass is 850 g/mol. The SMILES string of the molecule is CC(=O)[C@]1(OC(=O)/C=C/c2ccc([N+](=O)[O-])cc2)CC[C@@]2(O)[C@]1(C)[C@H](OC(=O)c1ccc(O)cc1)C[C@@H]1[C@@]3(C)CC[C@H](OC(=O)/C=C/c4ccc([N+](=O)[O-])cc4)CC3=CC[C@]12O. The summed E-state index contributed by atoms with van der Waals surface area (Å²) in [5, 5.41) is 58.3. The van der Waals surface area contributed by atoms with Gasteiger partial charge in [0.15, 0.2) is 11.4 Å². The van der Waals surface area contributed by atoms with Crippen LogP contribution in [0.3, 0.4) is 0 Å². The Morgan fingerprint density at radius 1 is 0.774 bits per heavy atom. The zero-order valence-electron chi connectivity index (χ0n) is 34.2. The van der Waals surface area contributed by atoms with Gasteiger partial charge in [-0.1, -0.05) is 18.6 Å². The summed E-state index contributed by atoms with van der Waals surface area (Å²) in [4.78, 5) is 75.7. The van der Waals surface area contributed by atoms with E-state index in [0.717, 1.165) is 11.6 Å². The van der Waals surface area contributed by atoms with Gasteiger partial charge in [-0.3, -0.25) is 25.0 Å². The number of aliphatic hydroxyl groups is 2. The highest BCUT2D eigenvalue weighted by Gasteiger charge is 2.83. The molecule has 3 N–H and O–H groups in total. The van der Waals surface area contributed by atoms with E-state index in [9.17, 15) is 54.7 Å². The van der Waals surface area contributed by atoms with Gasteiger partial charge in [-0.05, 0) is 130 Å². The number of carbonyl (C=O) groups excluding carboxylic acids is 4. The van der Waals surface area contributed by atoms with Gasteiger partial charge in [-0.15, -0.1) is 0 Å². The fourth-order valence-electron chi connectivity index (χ4n) is 10.6. The number of ether oxygens (including phenoxy) is 3. The number of aromatic hydroxyl groups is 1. The molecule has 4 aliphatic rings. The van der Waals surface area contributed by atoms with E-state index in [1.54, 1.807) is 0 Å². The molecule has 0 aromatic heterocycles. The molecular formula is C46H46N2O14. The largest absolute Gasteiger partial charge is 0.508 e. The lowest BCUT2D eigenvalue weighted by molar-refractivity contribution is -0.385. The third-order valence-electron chi connectivity index (χ3n) is 14.0. The maximum atomic E-state index is 14.1. The van der Waals surface area contributed by atoms with Crippen LogP contribution in [0.4, 0.5) is 11.4 Å². The number of benzene rings is 3. The highest BCUT2D eigenvalue weighted by molar-refractivity contribution is 5.94. The zero-order chi connectivity index (χ0) is 44.8. The van der Waals surface area contributed by atoms with Gasteiger partial charge in [-0.2, -0.15) is 0 Å². The number of nitro benzene ring substituents is 2. The van der Waals surface area contributed by atoms with Crippen LogP contribution in [0.2, 0.25) is 0 Å². The number of rotatable bonds is 11. The van der Waals surface area contributed by atoms with Crippen molar-refractivity contribution in [2.75, 3.05) is 0 Å². The van der Waals surface area contributed by atoms with Crippen LogP contribution in [-0.2, 0) is 28.6 Å². The van der Waals surface area contributed by atoms with Gasteiger partial charge in [-0.25, -0.2) is 14.4 Å². The average molecular weight is 851 g/mol. The standard InChI is InChI=1S/C46H46N2O14/c1-28(49)45(62-40(52)19-9-30-6-14-34(15-7-30)48(58)59)24-25-46(55)43(45,3)38(61-41(53)31-10-16-35(50)17-11-31)27-37-42(2)22-21-36(26-32(42)20-23-44(37,46)54)60-39(51)18-8-29-4-12-33(13-5-29)47(56)57/h4-20,36-38,50,54-55H,21-27H2,1-3H3/b18-8+,19-9+/t36-,37+,38+,42-,43+,44-,45+,46+/m0/s1. The minimum Gasteiger partial charge on any atom is -0.508 e. The number of hydrogen-bond donors (Lipinski definition) is 3. The van der Waals surface area contributed by atoms with Crippen LogP contribution in [0.1, 0.15) is 87.2 Å². The van der Waals surface area contributed by atoms with Gasteiger partial charge in [0.05, 0.1) is 20.8 Å². The third kappa shape index (κ3) is 7.26. The highest BCUT2D eigenvalue weighted by Crippen LogP contribution is 2.71. The molecule has 0 heterocycles. The number of carbonyl (C=O) groups is 4. The molecule has 0 radical (unpaired) electrons. The molecule has 0 bridgehead atoms. The molecule has 3 aromatic rings. The number of nitro groups is 2. The molecule has 7 rings (SSSR count). The maximum Gasteiger partial charge on any atom is 0.338 e. The summed E-state index contributed by atoms with van der Waals surface area (Å²) in [6.45, 7) is 4.66.